The topological polar surface area (TPSA) is 58.0 Å². The van der Waals surface area contributed by atoms with Crippen molar-refractivity contribution in [2.75, 3.05) is 5.32 Å². The molecular formula is C16H15N3O. The molecule has 0 fully saturated rings. The Labute approximate surface area is 117 Å². The van der Waals surface area contributed by atoms with Crippen LogP contribution in [0.15, 0.2) is 48.7 Å². The third-order valence-corrected chi connectivity index (χ3v) is 3.17. The summed E-state index contributed by atoms with van der Waals surface area (Å²) < 4.78 is 0. The molecule has 3 rings (SSSR count). The van der Waals surface area contributed by atoms with E-state index < -0.39 is 0 Å². The van der Waals surface area contributed by atoms with Crippen LogP contribution in [0, 0.1) is 6.92 Å². The number of fused-ring (bicyclic) bond motifs is 1. The highest BCUT2D eigenvalue weighted by molar-refractivity contribution is 5.73. The summed E-state index contributed by atoms with van der Waals surface area (Å²) in [6, 6.07) is 13.1. The fourth-order valence-corrected chi connectivity index (χ4v) is 2.11. The number of aromatic nitrogens is 2. The third-order valence-electron chi connectivity index (χ3n) is 3.17. The molecule has 0 aliphatic carbocycles. The average Bonchev–Trinajstić information content (AvgIpc) is 2.46. The standard InChI is InChI=1S/C16H15N3O/c1-11-8-13(20)6-7-14(11)17-9-12-10-18-15-4-2-3-5-16(15)19-12/h2-8,10,17,20H,9H2,1H3. The van der Waals surface area contributed by atoms with Crippen molar-refractivity contribution >= 4 is 16.7 Å². The number of nitrogens with one attached hydrogen (secondary N) is 1. The Kier molecular flexibility index (Phi) is 3.21. The lowest BCUT2D eigenvalue weighted by atomic mass is 10.2. The van der Waals surface area contributed by atoms with Crippen LogP contribution in [-0.2, 0) is 6.54 Å². The summed E-state index contributed by atoms with van der Waals surface area (Å²) in [5.74, 6) is 0.276. The van der Waals surface area contributed by atoms with E-state index >= 15 is 0 Å². The molecule has 0 aliphatic heterocycles. The molecule has 4 heteroatoms. The lowest BCUT2D eigenvalue weighted by Crippen LogP contribution is -2.03. The van der Waals surface area contributed by atoms with Crippen LogP contribution in [0.3, 0.4) is 0 Å². The number of nitrogens with zero attached hydrogens (tertiary/aromatic N) is 2. The van der Waals surface area contributed by atoms with Crippen LogP contribution < -0.4 is 5.32 Å². The largest absolute Gasteiger partial charge is 0.508 e. The molecule has 1 aromatic heterocycles. The highest BCUT2D eigenvalue weighted by Gasteiger charge is 2.02. The first kappa shape index (κ1) is 12.4. The number of anilines is 1. The minimum atomic E-state index is 0.276. The van der Waals surface area contributed by atoms with Crippen molar-refractivity contribution in [2.24, 2.45) is 0 Å². The molecule has 0 amide bonds. The first-order valence-electron chi connectivity index (χ1n) is 6.46. The van der Waals surface area contributed by atoms with Gasteiger partial charge in [0, 0.05) is 5.69 Å². The van der Waals surface area contributed by atoms with E-state index in [1.54, 1.807) is 18.3 Å². The van der Waals surface area contributed by atoms with Crippen LogP contribution in [0.4, 0.5) is 5.69 Å². The van der Waals surface area contributed by atoms with Gasteiger partial charge in [0.25, 0.3) is 0 Å². The molecular weight excluding hydrogens is 250 g/mol. The molecule has 1 heterocycles. The van der Waals surface area contributed by atoms with Crippen LogP contribution >= 0.6 is 0 Å². The van der Waals surface area contributed by atoms with E-state index in [0.717, 1.165) is 28.0 Å². The summed E-state index contributed by atoms with van der Waals surface area (Å²) in [6.07, 6.45) is 1.78. The van der Waals surface area contributed by atoms with Crippen LogP contribution in [0.25, 0.3) is 11.0 Å². The van der Waals surface area contributed by atoms with E-state index in [4.69, 9.17) is 0 Å². The monoisotopic (exact) mass is 265 g/mol. The highest BCUT2D eigenvalue weighted by atomic mass is 16.3. The van der Waals surface area contributed by atoms with Gasteiger partial charge in [-0.2, -0.15) is 0 Å². The zero-order chi connectivity index (χ0) is 13.9. The number of para-hydroxylation sites is 2. The van der Waals surface area contributed by atoms with Crippen molar-refractivity contribution < 1.29 is 5.11 Å². The Morgan fingerprint density at radius 3 is 2.70 bits per heavy atom. The minimum absolute atomic E-state index is 0.276. The molecule has 0 bridgehead atoms. The number of phenolic OH excluding ortho intramolecular Hbond substituents is 1. The van der Waals surface area contributed by atoms with Gasteiger partial charge in [-0.15, -0.1) is 0 Å². The fourth-order valence-electron chi connectivity index (χ4n) is 2.11. The van der Waals surface area contributed by atoms with Gasteiger partial charge in [-0.1, -0.05) is 12.1 Å². The lowest BCUT2D eigenvalue weighted by molar-refractivity contribution is 0.475. The molecule has 2 aromatic carbocycles. The van der Waals surface area contributed by atoms with Crippen molar-refractivity contribution in [1.29, 1.82) is 0 Å². The Bertz CT molecular complexity index is 756. The highest BCUT2D eigenvalue weighted by Crippen LogP contribution is 2.20. The molecule has 3 aromatic rings. The summed E-state index contributed by atoms with van der Waals surface area (Å²) in [5, 5.41) is 12.7. The number of rotatable bonds is 3. The van der Waals surface area contributed by atoms with Crippen molar-refractivity contribution in [2.45, 2.75) is 13.5 Å². The maximum atomic E-state index is 9.39. The maximum absolute atomic E-state index is 9.39. The second-order valence-electron chi connectivity index (χ2n) is 4.70. The summed E-state index contributed by atoms with van der Waals surface area (Å²) >= 11 is 0. The predicted octanol–water partition coefficient (Wildman–Crippen LogP) is 3.26. The third kappa shape index (κ3) is 2.54. The summed E-state index contributed by atoms with van der Waals surface area (Å²) in [4.78, 5) is 8.95. The second kappa shape index (κ2) is 5.17. The predicted molar refractivity (Wildman–Crippen MR) is 79.7 cm³/mol. The lowest BCUT2D eigenvalue weighted by Gasteiger charge is -2.09. The Balaban J connectivity index is 1.79. The zero-order valence-corrected chi connectivity index (χ0v) is 11.2. The molecule has 0 saturated heterocycles. The Morgan fingerprint density at radius 2 is 1.90 bits per heavy atom. The molecule has 2 N–H and O–H groups in total. The smallest absolute Gasteiger partial charge is 0.115 e. The molecule has 0 unspecified atom stereocenters. The van der Waals surface area contributed by atoms with Crippen LogP contribution in [-0.4, -0.2) is 15.1 Å². The van der Waals surface area contributed by atoms with E-state index in [0.29, 0.717) is 6.54 Å². The zero-order valence-electron chi connectivity index (χ0n) is 11.2. The van der Waals surface area contributed by atoms with Crippen LogP contribution in [0.5, 0.6) is 5.75 Å². The number of hydrogen-bond donors (Lipinski definition) is 2. The minimum Gasteiger partial charge on any atom is -0.508 e. The second-order valence-corrected chi connectivity index (χ2v) is 4.70. The van der Waals surface area contributed by atoms with E-state index in [1.165, 1.54) is 0 Å². The van der Waals surface area contributed by atoms with Crippen molar-refractivity contribution in [3.8, 4) is 5.75 Å². The fraction of sp³-hybridized carbons (Fsp3) is 0.125. The normalized spacial score (nSPS) is 10.7. The van der Waals surface area contributed by atoms with Gasteiger partial charge in [-0.25, -0.2) is 4.98 Å². The van der Waals surface area contributed by atoms with Gasteiger partial charge in [-0.05, 0) is 42.8 Å². The van der Waals surface area contributed by atoms with Gasteiger partial charge in [0.1, 0.15) is 5.75 Å². The van der Waals surface area contributed by atoms with Crippen molar-refractivity contribution in [3.63, 3.8) is 0 Å². The summed E-state index contributed by atoms with van der Waals surface area (Å²) in [5.41, 5.74) is 4.67. The van der Waals surface area contributed by atoms with E-state index in [9.17, 15) is 5.11 Å². The summed E-state index contributed by atoms with van der Waals surface area (Å²) in [6.45, 7) is 2.55. The molecule has 0 aliphatic rings. The summed E-state index contributed by atoms with van der Waals surface area (Å²) in [7, 11) is 0. The van der Waals surface area contributed by atoms with Gasteiger partial charge in [0.15, 0.2) is 0 Å². The van der Waals surface area contributed by atoms with Gasteiger partial charge >= 0.3 is 0 Å². The first-order chi connectivity index (χ1) is 9.72. The first-order valence-corrected chi connectivity index (χ1v) is 6.46. The molecule has 4 nitrogen and oxygen atoms in total. The number of benzene rings is 2. The van der Waals surface area contributed by atoms with Gasteiger partial charge in [0.2, 0.25) is 0 Å². The number of phenols is 1. The van der Waals surface area contributed by atoms with E-state index in [2.05, 4.69) is 15.3 Å². The van der Waals surface area contributed by atoms with Gasteiger partial charge in [0.05, 0.1) is 29.5 Å². The number of aromatic hydroxyl groups is 1. The molecule has 20 heavy (non-hydrogen) atoms. The number of aryl methyl sites for hydroxylation is 1. The molecule has 0 saturated carbocycles. The van der Waals surface area contributed by atoms with Gasteiger partial charge < -0.3 is 10.4 Å². The quantitative estimate of drug-likeness (QED) is 0.714. The molecule has 0 radical (unpaired) electrons. The molecule has 0 atom stereocenters. The van der Waals surface area contributed by atoms with Crippen LogP contribution in [0.2, 0.25) is 0 Å². The molecule has 100 valence electrons. The van der Waals surface area contributed by atoms with E-state index in [1.807, 2.05) is 37.3 Å². The van der Waals surface area contributed by atoms with Crippen LogP contribution in [0.1, 0.15) is 11.3 Å². The average molecular weight is 265 g/mol. The number of hydrogen-bond acceptors (Lipinski definition) is 4. The Morgan fingerprint density at radius 1 is 1.10 bits per heavy atom. The van der Waals surface area contributed by atoms with Crippen molar-refractivity contribution in [1.82, 2.24) is 9.97 Å². The van der Waals surface area contributed by atoms with E-state index in [-0.39, 0.29) is 5.75 Å². The van der Waals surface area contributed by atoms with Crippen molar-refractivity contribution in [3.05, 3.63) is 59.9 Å². The molecule has 0 spiro atoms. The van der Waals surface area contributed by atoms with Gasteiger partial charge in [-0.3, -0.25) is 4.98 Å². The Hall–Kier alpha value is -2.62. The SMILES string of the molecule is Cc1cc(O)ccc1NCc1cnc2ccccc2n1. The maximum Gasteiger partial charge on any atom is 0.115 e.